The summed E-state index contributed by atoms with van der Waals surface area (Å²) >= 11 is 0. The van der Waals surface area contributed by atoms with E-state index in [0.717, 1.165) is 27.1 Å². The summed E-state index contributed by atoms with van der Waals surface area (Å²) in [5, 5.41) is 4.08. The summed E-state index contributed by atoms with van der Waals surface area (Å²) in [6, 6.07) is 15.8. The molecule has 0 atom stereocenters. The first kappa shape index (κ1) is 12.1. The molecule has 1 aliphatic heterocycles. The van der Waals surface area contributed by atoms with Crippen molar-refractivity contribution < 1.29 is 9.59 Å². The molecule has 0 radical (unpaired) electrons. The zero-order valence-corrected chi connectivity index (χ0v) is 11.6. The number of carbonyl (C=O) groups is 2. The molecule has 1 aliphatic rings. The van der Waals surface area contributed by atoms with Crippen molar-refractivity contribution in [1.29, 1.82) is 0 Å². The number of hydrogen-bond donors (Lipinski definition) is 0. The van der Waals surface area contributed by atoms with Crippen LogP contribution in [0.2, 0.25) is 0 Å². The van der Waals surface area contributed by atoms with E-state index in [0.29, 0.717) is 5.56 Å². The van der Waals surface area contributed by atoms with Crippen molar-refractivity contribution in [1.82, 2.24) is 4.90 Å². The van der Waals surface area contributed by atoms with Gasteiger partial charge in [-0.3, -0.25) is 14.5 Å². The highest BCUT2D eigenvalue weighted by molar-refractivity contribution is 6.19. The van der Waals surface area contributed by atoms with Crippen LogP contribution in [0.25, 0.3) is 21.5 Å². The summed E-state index contributed by atoms with van der Waals surface area (Å²) < 4.78 is 0. The summed E-state index contributed by atoms with van der Waals surface area (Å²) in [6.07, 6.45) is 0.261. The third-order valence-corrected chi connectivity index (χ3v) is 4.23. The molecule has 0 aromatic heterocycles. The summed E-state index contributed by atoms with van der Waals surface area (Å²) in [5.41, 5.74) is 1.57. The topological polar surface area (TPSA) is 37.4 Å². The van der Waals surface area contributed by atoms with Gasteiger partial charge in [-0.1, -0.05) is 36.4 Å². The zero-order chi connectivity index (χ0) is 14.6. The van der Waals surface area contributed by atoms with E-state index in [1.165, 1.54) is 4.90 Å². The van der Waals surface area contributed by atoms with E-state index in [4.69, 9.17) is 0 Å². The van der Waals surface area contributed by atoms with Crippen molar-refractivity contribution >= 4 is 33.4 Å². The smallest absolute Gasteiger partial charge is 0.260 e. The number of imide groups is 1. The molecule has 0 saturated heterocycles. The first-order valence-electron chi connectivity index (χ1n) is 6.91. The molecule has 0 bridgehead atoms. The number of amides is 2. The Morgan fingerprint density at radius 2 is 1.71 bits per heavy atom. The van der Waals surface area contributed by atoms with E-state index in [1.807, 2.05) is 36.4 Å². The standard InChI is InChI=1S/C18H13NO2/c1-19-16(20)10-15-13-7-3-2-5-11(13)9-12-6-4-8-14(17(12)15)18(19)21/h2-9H,10H2,1H3. The molecule has 0 N–H and O–H groups in total. The lowest BCUT2D eigenvalue weighted by molar-refractivity contribution is -0.126. The molecule has 3 nitrogen and oxygen atoms in total. The fraction of sp³-hybridized carbons (Fsp3) is 0.111. The Labute approximate surface area is 121 Å². The third-order valence-electron chi connectivity index (χ3n) is 4.23. The number of carbonyl (C=O) groups excluding carboxylic acids is 2. The van der Waals surface area contributed by atoms with Gasteiger partial charge in [-0.05, 0) is 39.2 Å². The molecule has 0 unspecified atom stereocenters. The average molecular weight is 275 g/mol. The molecule has 1 heterocycles. The average Bonchev–Trinajstić information content (AvgIpc) is 2.60. The van der Waals surface area contributed by atoms with Gasteiger partial charge in [0.05, 0.1) is 6.42 Å². The monoisotopic (exact) mass is 275 g/mol. The molecule has 3 aromatic carbocycles. The van der Waals surface area contributed by atoms with Gasteiger partial charge in [0, 0.05) is 12.6 Å². The van der Waals surface area contributed by atoms with Crippen LogP contribution < -0.4 is 0 Å². The van der Waals surface area contributed by atoms with Crippen molar-refractivity contribution in [2.24, 2.45) is 0 Å². The SMILES string of the molecule is CN1C(=O)Cc2c3ccccc3cc3cccc(c23)C1=O. The van der Waals surface area contributed by atoms with E-state index < -0.39 is 0 Å². The zero-order valence-electron chi connectivity index (χ0n) is 11.6. The molecule has 3 heteroatoms. The van der Waals surface area contributed by atoms with Crippen LogP contribution in [0.3, 0.4) is 0 Å². The van der Waals surface area contributed by atoms with Crippen molar-refractivity contribution in [2.45, 2.75) is 6.42 Å². The van der Waals surface area contributed by atoms with E-state index in [9.17, 15) is 9.59 Å². The molecule has 0 aliphatic carbocycles. The van der Waals surface area contributed by atoms with Crippen molar-refractivity contribution in [3.63, 3.8) is 0 Å². The highest BCUT2D eigenvalue weighted by Crippen LogP contribution is 2.33. The number of hydrogen-bond acceptors (Lipinski definition) is 2. The van der Waals surface area contributed by atoms with Gasteiger partial charge in [0.25, 0.3) is 5.91 Å². The predicted molar refractivity (Wildman–Crippen MR) is 82.3 cm³/mol. The van der Waals surface area contributed by atoms with Crippen molar-refractivity contribution in [3.8, 4) is 0 Å². The fourth-order valence-electron chi connectivity index (χ4n) is 3.15. The minimum absolute atomic E-state index is 0.158. The maximum Gasteiger partial charge on any atom is 0.260 e. The molecule has 0 fully saturated rings. The van der Waals surface area contributed by atoms with Crippen LogP contribution in [0.4, 0.5) is 0 Å². The Bertz CT molecular complexity index is 927. The number of nitrogens with zero attached hydrogens (tertiary/aromatic N) is 1. The molecule has 0 saturated carbocycles. The summed E-state index contributed by atoms with van der Waals surface area (Å²) in [6.45, 7) is 0. The number of rotatable bonds is 0. The summed E-state index contributed by atoms with van der Waals surface area (Å²) in [7, 11) is 1.55. The minimum atomic E-state index is -0.223. The fourth-order valence-corrected chi connectivity index (χ4v) is 3.15. The molecule has 0 spiro atoms. The highest BCUT2D eigenvalue weighted by Gasteiger charge is 2.27. The van der Waals surface area contributed by atoms with Crippen LogP contribution in [0.5, 0.6) is 0 Å². The van der Waals surface area contributed by atoms with Crippen LogP contribution in [0.1, 0.15) is 15.9 Å². The van der Waals surface area contributed by atoms with Gasteiger partial charge >= 0.3 is 0 Å². The molecule has 102 valence electrons. The second-order valence-electron chi connectivity index (χ2n) is 5.41. The van der Waals surface area contributed by atoms with Crippen LogP contribution in [-0.4, -0.2) is 23.8 Å². The van der Waals surface area contributed by atoms with Gasteiger partial charge < -0.3 is 0 Å². The second-order valence-corrected chi connectivity index (χ2v) is 5.41. The first-order valence-corrected chi connectivity index (χ1v) is 6.91. The van der Waals surface area contributed by atoms with Gasteiger partial charge in [-0.15, -0.1) is 0 Å². The number of benzene rings is 3. The second kappa shape index (κ2) is 4.16. The molecule has 21 heavy (non-hydrogen) atoms. The van der Waals surface area contributed by atoms with Crippen LogP contribution in [-0.2, 0) is 11.2 Å². The molecular weight excluding hydrogens is 262 g/mol. The number of likely N-dealkylation sites (N-methyl/N-ethyl adjacent to an activating group) is 1. The van der Waals surface area contributed by atoms with E-state index >= 15 is 0 Å². The summed E-state index contributed by atoms with van der Waals surface area (Å²) in [5.74, 6) is -0.381. The van der Waals surface area contributed by atoms with Crippen LogP contribution in [0, 0.1) is 0 Å². The minimum Gasteiger partial charge on any atom is -0.281 e. The highest BCUT2D eigenvalue weighted by atomic mass is 16.2. The number of fused-ring (bicyclic) bond motifs is 2. The molecule has 3 aromatic rings. The normalized spacial score (nSPS) is 14.8. The Morgan fingerprint density at radius 1 is 0.952 bits per heavy atom. The first-order chi connectivity index (χ1) is 10.2. The van der Waals surface area contributed by atoms with Crippen molar-refractivity contribution in [3.05, 3.63) is 59.7 Å². The van der Waals surface area contributed by atoms with E-state index in [-0.39, 0.29) is 18.2 Å². The van der Waals surface area contributed by atoms with Gasteiger partial charge in [-0.2, -0.15) is 0 Å². The molecule has 4 rings (SSSR count). The maximum absolute atomic E-state index is 12.5. The van der Waals surface area contributed by atoms with E-state index in [1.54, 1.807) is 13.1 Å². The van der Waals surface area contributed by atoms with Gasteiger partial charge in [0.1, 0.15) is 0 Å². The van der Waals surface area contributed by atoms with Crippen LogP contribution in [0.15, 0.2) is 48.5 Å². The lowest BCUT2D eigenvalue weighted by atomic mass is 9.92. The lowest BCUT2D eigenvalue weighted by Gasteiger charge is -2.12. The third kappa shape index (κ3) is 1.61. The Balaban J connectivity index is 2.25. The predicted octanol–water partition coefficient (Wildman–Crippen LogP) is 3.15. The van der Waals surface area contributed by atoms with E-state index in [2.05, 4.69) is 6.07 Å². The maximum atomic E-state index is 12.5. The Kier molecular flexibility index (Phi) is 2.39. The van der Waals surface area contributed by atoms with Gasteiger partial charge in [0.2, 0.25) is 5.91 Å². The Morgan fingerprint density at radius 3 is 2.57 bits per heavy atom. The van der Waals surface area contributed by atoms with Crippen LogP contribution >= 0.6 is 0 Å². The molecule has 2 amide bonds. The van der Waals surface area contributed by atoms with Crippen molar-refractivity contribution in [2.75, 3.05) is 7.05 Å². The van der Waals surface area contributed by atoms with Gasteiger partial charge in [-0.25, -0.2) is 0 Å². The largest absolute Gasteiger partial charge is 0.281 e. The summed E-state index contributed by atoms with van der Waals surface area (Å²) in [4.78, 5) is 26.0. The lowest BCUT2D eigenvalue weighted by Crippen LogP contribution is -2.32. The quantitative estimate of drug-likeness (QED) is 0.467. The Hall–Kier alpha value is -2.68. The molecular formula is C18H13NO2. The van der Waals surface area contributed by atoms with Gasteiger partial charge in [0.15, 0.2) is 0 Å².